The molecular weight excluding hydrogens is 332 g/mol. The largest absolute Gasteiger partial charge is 0.478 e. The predicted octanol–water partition coefficient (Wildman–Crippen LogP) is -1.32. The highest BCUT2D eigenvalue weighted by atomic mass is 16.4. The molecule has 1 rings (SSSR count). The monoisotopic (exact) mass is 340 g/mol. The van der Waals surface area contributed by atoms with E-state index in [0.29, 0.717) is 0 Å². The van der Waals surface area contributed by atoms with Gasteiger partial charge in [-0.25, -0.2) is 19.2 Å². The number of carbonyl (C=O) groups is 6. The van der Waals surface area contributed by atoms with Crippen molar-refractivity contribution in [2.24, 2.45) is 11.5 Å². The maximum absolute atomic E-state index is 11.5. The van der Waals surface area contributed by atoms with Crippen LogP contribution in [0, 0.1) is 0 Å². The lowest BCUT2D eigenvalue weighted by atomic mass is 9.85. The van der Waals surface area contributed by atoms with Crippen LogP contribution in [0.2, 0.25) is 0 Å². The fourth-order valence-corrected chi connectivity index (χ4v) is 2.10. The van der Waals surface area contributed by atoms with Crippen LogP contribution in [0.1, 0.15) is 62.1 Å². The number of rotatable bonds is 6. The van der Waals surface area contributed by atoms with E-state index in [0.717, 1.165) is 0 Å². The smallest absolute Gasteiger partial charge is 0.337 e. The molecule has 12 nitrogen and oxygen atoms in total. The fraction of sp³-hybridized carbons (Fsp3) is 0. The molecule has 0 aliphatic rings. The molecule has 0 aliphatic heterocycles. The molecule has 2 amide bonds. The number of nitrogens with two attached hydrogens (primary N) is 2. The maximum atomic E-state index is 11.5. The maximum Gasteiger partial charge on any atom is 0.337 e. The Labute approximate surface area is 130 Å². The molecule has 24 heavy (non-hydrogen) atoms. The van der Waals surface area contributed by atoms with E-state index in [2.05, 4.69) is 0 Å². The molecule has 0 heterocycles. The lowest BCUT2D eigenvalue weighted by molar-refractivity contribution is 0.0616. The van der Waals surface area contributed by atoms with E-state index in [1.807, 2.05) is 0 Å². The highest BCUT2D eigenvalue weighted by Crippen LogP contribution is 2.29. The average molecular weight is 340 g/mol. The third-order valence-electron chi connectivity index (χ3n) is 2.85. The standard InChI is InChI=1S/C12H8N2O10/c13-7(15)1-2(8(14)16)4(10(19)20)6(12(23)24)5(11(21)22)3(1)9(17)18/h(H2,13,15)(H2,14,16)(H,17,18)(H,19,20)(H,21,22)(H,23,24). The molecule has 0 bridgehead atoms. The van der Waals surface area contributed by atoms with E-state index in [-0.39, 0.29) is 0 Å². The van der Waals surface area contributed by atoms with Gasteiger partial charge in [0.05, 0.1) is 33.4 Å². The van der Waals surface area contributed by atoms with Crippen molar-refractivity contribution >= 4 is 35.7 Å². The lowest BCUT2D eigenvalue weighted by Gasteiger charge is -2.16. The molecule has 1 aromatic carbocycles. The summed E-state index contributed by atoms with van der Waals surface area (Å²) in [7, 11) is 0. The second-order valence-corrected chi connectivity index (χ2v) is 4.20. The van der Waals surface area contributed by atoms with Gasteiger partial charge in [-0.05, 0) is 0 Å². The lowest BCUT2D eigenvalue weighted by Crippen LogP contribution is -2.32. The van der Waals surface area contributed by atoms with E-state index in [9.17, 15) is 28.8 Å². The van der Waals surface area contributed by atoms with E-state index < -0.39 is 69.1 Å². The van der Waals surface area contributed by atoms with E-state index in [1.54, 1.807) is 0 Å². The van der Waals surface area contributed by atoms with Crippen LogP contribution in [0.15, 0.2) is 0 Å². The van der Waals surface area contributed by atoms with Gasteiger partial charge in [-0.3, -0.25) is 9.59 Å². The number of carboxylic acids is 4. The second kappa shape index (κ2) is 6.04. The summed E-state index contributed by atoms with van der Waals surface area (Å²) in [6.07, 6.45) is 0. The normalized spacial score (nSPS) is 10.0. The summed E-state index contributed by atoms with van der Waals surface area (Å²) >= 11 is 0. The zero-order valence-corrected chi connectivity index (χ0v) is 11.4. The Kier molecular flexibility index (Phi) is 4.55. The van der Waals surface area contributed by atoms with Gasteiger partial charge in [0.1, 0.15) is 0 Å². The van der Waals surface area contributed by atoms with Crippen LogP contribution in [0.25, 0.3) is 0 Å². The van der Waals surface area contributed by atoms with E-state index >= 15 is 0 Å². The van der Waals surface area contributed by atoms with Crippen LogP contribution in [-0.2, 0) is 0 Å². The molecule has 0 spiro atoms. The van der Waals surface area contributed by atoms with E-state index in [4.69, 9.17) is 31.9 Å². The van der Waals surface area contributed by atoms with Gasteiger partial charge in [0.25, 0.3) is 0 Å². The SMILES string of the molecule is NC(=O)c1c(C(N)=O)c(C(=O)O)c(C(=O)O)c(C(=O)O)c1C(=O)O. The minimum atomic E-state index is -2.16. The first-order valence-electron chi connectivity index (χ1n) is 5.70. The number of carbonyl (C=O) groups excluding carboxylic acids is 2. The summed E-state index contributed by atoms with van der Waals surface area (Å²) in [6, 6.07) is 0. The van der Waals surface area contributed by atoms with Gasteiger partial charge in [-0.2, -0.15) is 0 Å². The summed E-state index contributed by atoms with van der Waals surface area (Å²) < 4.78 is 0. The Hall–Kier alpha value is -3.96. The molecule has 0 saturated carbocycles. The highest BCUT2D eigenvalue weighted by molar-refractivity contribution is 6.24. The van der Waals surface area contributed by atoms with Gasteiger partial charge in [0.15, 0.2) is 0 Å². The zero-order chi connectivity index (χ0) is 18.9. The molecule has 1 aromatic rings. The summed E-state index contributed by atoms with van der Waals surface area (Å²) in [5.74, 6) is -11.9. The van der Waals surface area contributed by atoms with Gasteiger partial charge >= 0.3 is 23.9 Å². The zero-order valence-electron chi connectivity index (χ0n) is 11.4. The first kappa shape index (κ1) is 18.1. The van der Waals surface area contributed by atoms with Gasteiger partial charge in [-0.15, -0.1) is 0 Å². The first-order chi connectivity index (χ1) is 10.9. The minimum absolute atomic E-state index is 1.31. The molecule has 12 heteroatoms. The molecule has 0 atom stereocenters. The summed E-state index contributed by atoms with van der Waals surface area (Å²) in [5, 5.41) is 36.4. The van der Waals surface area contributed by atoms with Crippen molar-refractivity contribution in [3.05, 3.63) is 33.4 Å². The summed E-state index contributed by atoms with van der Waals surface area (Å²) in [6.45, 7) is 0. The summed E-state index contributed by atoms with van der Waals surface area (Å²) in [5.41, 5.74) is 1.25. The van der Waals surface area contributed by atoms with E-state index in [1.165, 1.54) is 0 Å². The topological polar surface area (TPSA) is 235 Å². The molecule has 0 unspecified atom stereocenters. The molecule has 126 valence electrons. The van der Waals surface area contributed by atoms with Crippen LogP contribution in [0.5, 0.6) is 0 Å². The molecule has 0 fully saturated rings. The molecule has 8 N–H and O–H groups in total. The number of amides is 2. The number of carboxylic acid groups (broad SMARTS) is 4. The predicted molar refractivity (Wildman–Crippen MR) is 71.3 cm³/mol. The third-order valence-corrected chi connectivity index (χ3v) is 2.85. The Morgan fingerprint density at radius 3 is 0.750 bits per heavy atom. The minimum Gasteiger partial charge on any atom is -0.478 e. The van der Waals surface area contributed by atoms with Crippen molar-refractivity contribution in [1.82, 2.24) is 0 Å². The second-order valence-electron chi connectivity index (χ2n) is 4.20. The number of primary amides is 2. The molecular formula is C12H8N2O10. The van der Waals surface area contributed by atoms with Gasteiger partial charge in [0, 0.05) is 0 Å². The van der Waals surface area contributed by atoms with Crippen LogP contribution in [-0.4, -0.2) is 56.1 Å². The fourth-order valence-electron chi connectivity index (χ4n) is 2.10. The first-order valence-corrected chi connectivity index (χ1v) is 5.70. The van der Waals surface area contributed by atoms with Gasteiger partial charge < -0.3 is 31.9 Å². The number of hydrogen-bond donors (Lipinski definition) is 6. The van der Waals surface area contributed by atoms with Crippen LogP contribution in [0.4, 0.5) is 0 Å². The number of aromatic carboxylic acids is 4. The molecule has 0 radical (unpaired) electrons. The summed E-state index contributed by atoms with van der Waals surface area (Å²) in [4.78, 5) is 68.2. The van der Waals surface area contributed by atoms with Crippen molar-refractivity contribution in [2.45, 2.75) is 0 Å². The van der Waals surface area contributed by atoms with Crippen LogP contribution < -0.4 is 11.5 Å². The number of benzene rings is 1. The Morgan fingerprint density at radius 1 is 0.458 bits per heavy atom. The van der Waals surface area contributed by atoms with Crippen molar-refractivity contribution in [2.75, 3.05) is 0 Å². The van der Waals surface area contributed by atoms with Crippen molar-refractivity contribution in [1.29, 1.82) is 0 Å². The van der Waals surface area contributed by atoms with Crippen molar-refractivity contribution in [3.63, 3.8) is 0 Å². The molecule has 0 aliphatic carbocycles. The average Bonchev–Trinajstić information content (AvgIpc) is 2.42. The van der Waals surface area contributed by atoms with Crippen molar-refractivity contribution < 1.29 is 49.2 Å². The number of hydrogen-bond acceptors (Lipinski definition) is 6. The van der Waals surface area contributed by atoms with Crippen molar-refractivity contribution in [3.8, 4) is 0 Å². The Bertz CT molecular complexity index is 641. The van der Waals surface area contributed by atoms with Crippen LogP contribution >= 0.6 is 0 Å². The Morgan fingerprint density at radius 2 is 0.625 bits per heavy atom. The highest BCUT2D eigenvalue weighted by Gasteiger charge is 2.39. The molecule has 0 saturated heterocycles. The van der Waals surface area contributed by atoms with Gasteiger partial charge in [0.2, 0.25) is 11.8 Å². The van der Waals surface area contributed by atoms with Crippen LogP contribution in [0.3, 0.4) is 0 Å². The Balaban J connectivity index is 4.50. The molecule has 0 aromatic heterocycles. The quantitative estimate of drug-likeness (QED) is 0.357. The van der Waals surface area contributed by atoms with Gasteiger partial charge in [-0.1, -0.05) is 0 Å². The third kappa shape index (κ3) is 2.70.